The molecule has 1 aliphatic rings. The molecule has 2 unspecified atom stereocenters. The maximum atomic E-state index is 12.5. The van der Waals surface area contributed by atoms with E-state index in [-0.39, 0.29) is 17.4 Å². The summed E-state index contributed by atoms with van der Waals surface area (Å²) in [6.45, 7) is 9.76. The Hall–Kier alpha value is -0.570. The summed E-state index contributed by atoms with van der Waals surface area (Å²) in [4.78, 5) is 12.5. The second-order valence-corrected chi connectivity index (χ2v) is 6.62. The Morgan fingerprint density at radius 2 is 2.05 bits per heavy atom. The van der Waals surface area contributed by atoms with Gasteiger partial charge in [0.05, 0.1) is 6.04 Å². The number of rotatable bonds is 7. The molecule has 1 aliphatic heterocycles. The third kappa shape index (κ3) is 5.13. The van der Waals surface area contributed by atoms with Crippen LogP contribution in [0.2, 0.25) is 0 Å². The number of unbranched alkanes of at least 4 members (excludes halogenated alkanes) is 1. The molecular weight excluding hydrogens is 236 g/mol. The summed E-state index contributed by atoms with van der Waals surface area (Å²) in [5.41, 5.74) is 0.0733. The highest BCUT2D eigenvalue weighted by Crippen LogP contribution is 2.30. The fraction of sp³-hybridized carbons (Fsp3) is 0.938. The number of carbonyl (C=O) groups excluding carboxylic acids is 1. The predicted octanol–water partition coefficient (Wildman–Crippen LogP) is 3.24. The molecule has 0 saturated carbocycles. The van der Waals surface area contributed by atoms with Crippen molar-refractivity contribution < 1.29 is 4.79 Å². The molecule has 1 amide bonds. The van der Waals surface area contributed by atoms with Gasteiger partial charge in [0.1, 0.15) is 0 Å². The molecule has 0 bridgehead atoms. The van der Waals surface area contributed by atoms with E-state index in [1.165, 1.54) is 19.3 Å². The monoisotopic (exact) mass is 268 g/mol. The normalized spacial score (nSPS) is 23.9. The summed E-state index contributed by atoms with van der Waals surface area (Å²) in [6, 6.07) is 0.333. The lowest BCUT2D eigenvalue weighted by Crippen LogP contribution is -2.57. The Morgan fingerprint density at radius 1 is 1.32 bits per heavy atom. The lowest BCUT2D eigenvalue weighted by Gasteiger charge is -2.39. The molecule has 112 valence electrons. The molecule has 3 nitrogen and oxygen atoms in total. The SMILES string of the molecule is CCCCC(CCC)NC(=O)C1NCCCC1(C)C. The summed E-state index contributed by atoms with van der Waals surface area (Å²) in [6.07, 6.45) is 8.05. The molecule has 0 spiro atoms. The van der Waals surface area contributed by atoms with E-state index in [4.69, 9.17) is 0 Å². The molecule has 2 atom stereocenters. The molecule has 0 aliphatic carbocycles. The first kappa shape index (κ1) is 16.5. The average molecular weight is 268 g/mol. The zero-order valence-corrected chi connectivity index (χ0v) is 13.2. The summed E-state index contributed by atoms with van der Waals surface area (Å²) in [5.74, 6) is 0.208. The van der Waals surface area contributed by atoms with Gasteiger partial charge < -0.3 is 10.6 Å². The molecule has 0 aromatic rings. The quantitative estimate of drug-likeness (QED) is 0.744. The van der Waals surface area contributed by atoms with Crippen molar-refractivity contribution in [2.45, 2.75) is 84.7 Å². The Balaban J connectivity index is 2.54. The second kappa shape index (κ2) is 7.88. The van der Waals surface area contributed by atoms with Crippen LogP contribution >= 0.6 is 0 Å². The largest absolute Gasteiger partial charge is 0.352 e. The van der Waals surface area contributed by atoms with Gasteiger partial charge in [-0.25, -0.2) is 0 Å². The lowest BCUT2D eigenvalue weighted by atomic mass is 9.77. The van der Waals surface area contributed by atoms with Crippen LogP contribution in [0.5, 0.6) is 0 Å². The van der Waals surface area contributed by atoms with Gasteiger partial charge >= 0.3 is 0 Å². The molecular formula is C16H32N2O. The Labute approximate surface area is 118 Å². The minimum absolute atomic E-state index is 0.0257. The van der Waals surface area contributed by atoms with E-state index in [2.05, 4.69) is 38.3 Å². The van der Waals surface area contributed by atoms with Gasteiger partial charge in [-0.15, -0.1) is 0 Å². The molecule has 0 radical (unpaired) electrons. The summed E-state index contributed by atoms with van der Waals surface area (Å²) in [5, 5.41) is 6.68. The summed E-state index contributed by atoms with van der Waals surface area (Å²) < 4.78 is 0. The third-order valence-electron chi connectivity index (χ3n) is 4.28. The van der Waals surface area contributed by atoms with Gasteiger partial charge in [-0.3, -0.25) is 4.79 Å². The molecule has 19 heavy (non-hydrogen) atoms. The van der Waals surface area contributed by atoms with E-state index < -0.39 is 0 Å². The Kier molecular flexibility index (Phi) is 6.84. The molecule has 1 rings (SSSR count). The van der Waals surface area contributed by atoms with Gasteiger partial charge in [0.2, 0.25) is 5.91 Å². The number of nitrogens with one attached hydrogen (secondary N) is 2. The van der Waals surface area contributed by atoms with Crippen molar-refractivity contribution in [2.24, 2.45) is 5.41 Å². The highest BCUT2D eigenvalue weighted by Gasteiger charge is 2.37. The van der Waals surface area contributed by atoms with E-state index in [1.807, 2.05) is 0 Å². The average Bonchev–Trinajstić information content (AvgIpc) is 2.35. The molecule has 0 aromatic carbocycles. The van der Waals surface area contributed by atoms with Gasteiger partial charge in [0.25, 0.3) is 0 Å². The van der Waals surface area contributed by atoms with Gasteiger partial charge in [-0.05, 0) is 37.6 Å². The topological polar surface area (TPSA) is 41.1 Å². The maximum absolute atomic E-state index is 12.5. The van der Waals surface area contributed by atoms with Crippen LogP contribution < -0.4 is 10.6 Å². The van der Waals surface area contributed by atoms with Gasteiger partial charge in [0.15, 0.2) is 0 Å². The van der Waals surface area contributed by atoms with Crippen LogP contribution in [0.25, 0.3) is 0 Å². The molecule has 1 fully saturated rings. The summed E-state index contributed by atoms with van der Waals surface area (Å²) >= 11 is 0. The van der Waals surface area contributed by atoms with Crippen molar-refractivity contribution in [2.75, 3.05) is 6.54 Å². The first-order chi connectivity index (χ1) is 9.01. The van der Waals surface area contributed by atoms with Crippen molar-refractivity contribution in [3.05, 3.63) is 0 Å². The summed E-state index contributed by atoms with van der Waals surface area (Å²) in [7, 11) is 0. The maximum Gasteiger partial charge on any atom is 0.237 e. The molecule has 1 heterocycles. The van der Waals surface area contributed by atoms with Gasteiger partial charge in [-0.2, -0.15) is 0 Å². The first-order valence-electron chi connectivity index (χ1n) is 8.05. The highest BCUT2D eigenvalue weighted by molar-refractivity contribution is 5.83. The number of piperidine rings is 1. The van der Waals surface area contributed by atoms with Crippen molar-refractivity contribution >= 4 is 5.91 Å². The number of hydrogen-bond donors (Lipinski definition) is 2. The molecule has 3 heteroatoms. The van der Waals surface area contributed by atoms with E-state index in [1.54, 1.807) is 0 Å². The van der Waals surface area contributed by atoms with Crippen LogP contribution in [0.1, 0.15) is 72.6 Å². The predicted molar refractivity (Wildman–Crippen MR) is 81.2 cm³/mol. The van der Waals surface area contributed by atoms with Crippen molar-refractivity contribution in [3.63, 3.8) is 0 Å². The first-order valence-corrected chi connectivity index (χ1v) is 8.05. The molecule has 0 aromatic heterocycles. The standard InChI is InChI=1S/C16H32N2O/c1-5-7-10-13(9-6-2)18-15(19)14-16(3,4)11-8-12-17-14/h13-14,17H,5-12H2,1-4H3,(H,18,19). The molecule has 2 N–H and O–H groups in total. The van der Waals surface area contributed by atoms with Crippen molar-refractivity contribution in [3.8, 4) is 0 Å². The second-order valence-electron chi connectivity index (χ2n) is 6.62. The van der Waals surface area contributed by atoms with E-state index in [9.17, 15) is 4.79 Å². The third-order valence-corrected chi connectivity index (χ3v) is 4.28. The minimum atomic E-state index is -0.0257. The van der Waals surface area contributed by atoms with Crippen molar-refractivity contribution in [1.29, 1.82) is 0 Å². The van der Waals surface area contributed by atoms with E-state index in [0.29, 0.717) is 6.04 Å². The fourth-order valence-corrected chi connectivity index (χ4v) is 3.03. The van der Waals surface area contributed by atoms with Gasteiger partial charge in [-0.1, -0.05) is 47.0 Å². The zero-order chi connectivity index (χ0) is 14.3. The lowest BCUT2D eigenvalue weighted by molar-refractivity contribution is -0.127. The Bertz CT molecular complexity index is 276. The van der Waals surface area contributed by atoms with Crippen LogP contribution in [0.3, 0.4) is 0 Å². The molecule has 1 saturated heterocycles. The number of hydrogen-bond acceptors (Lipinski definition) is 2. The van der Waals surface area contributed by atoms with Crippen LogP contribution in [0, 0.1) is 5.41 Å². The number of amides is 1. The number of carbonyl (C=O) groups is 1. The minimum Gasteiger partial charge on any atom is -0.352 e. The van der Waals surface area contributed by atoms with E-state index in [0.717, 1.165) is 32.2 Å². The van der Waals surface area contributed by atoms with Crippen molar-refractivity contribution in [1.82, 2.24) is 10.6 Å². The van der Waals surface area contributed by atoms with E-state index >= 15 is 0 Å². The van der Waals surface area contributed by atoms with Gasteiger partial charge in [0, 0.05) is 6.04 Å². The van der Waals surface area contributed by atoms with Crippen LogP contribution in [-0.2, 0) is 4.79 Å². The van der Waals surface area contributed by atoms with Crippen LogP contribution in [0.4, 0.5) is 0 Å². The fourth-order valence-electron chi connectivity index (χ4n) is 3.03. The van der Waals surface area contributed by atoms with Crippen LogP contribution in [0.15, 0.2) is 0 Å². The highest BCUT2D eigenvalue weighted by atomic mass is 16.2. The smallest absolute Gasteiger partial charge is 0.237 e. The van der Waals surface area contributed by atoms with Crippen LogP contribution in [-0.4, -0.2) is 24.5 Å². The zero-order valence-electron chi connectivity index (χ0n) is 13.2. The Morgan fingerprint density at radius 3 is 2.63 bits per heavy atom.